The van der Waals surface area contributed by atoms with Gasteiger partial charge in [-0.15, -0.1) is 0 Å². The maximum absolute atomic E-state index is 13.2. The van der Waals surface area contributed by atoms with Gasteiger partial charge in [-0.05, 0) is 53.9 Å². The summed E-state index contributed by atoms with van der Waals surface area (Å²) in [6.45, 7) is 2.05. The molecule has 5 nitrogen and oxygen atoms in total. The monoisotopic (exact) mass is 366 g/mol. The van der Waals surface area contributed by atoms with Crippen molar-refractivity contribution in [1.29, 1.82) is 0 Å². The van der Waals surface area contributed by atoms with Crippen LogP contribution in [0.25, 0.3) is 0 Å². The zero-order valence-electron chi connectivity index (χ0n) is 14.8. The van der Waals surface area contributed by atoms with Crippen molar-refractivity contribution in [2.75, 3.05) is 5.32 Å². The molecule has 0 atom stereocenters. The van der Waals surface area contributed by atoms with E-state index in [-0.39, 0.29) is 18.0 Å². The number of rotatable bonds is 6. The fraction of sp³-hybridized carbons (Fsp3) is 0.143. The molecule has 0 unspecified atom stereocenters. The zero-order valence-corrected chi connectivity index (χ0v) is 14.8. The Morgan fingerprint density at radius 3 is 2.56 bits per heavy atom. The number of benzene rings is 2. The van der Waals surface area contributed by atoms with Gasteiger partial charge in [0.05, 0.1) is 0 Å². The molecule has 1 N–H and O–H groups in total. The first-order chi connectivity index (χ1) is 13.1. The van der Waals surface area contributed by atoms with Crippen LogP contribution in [-0.4, -0.2) is 10.6 Å². The Hall–Kier alpha value is -3.41. The summed E-state index contributed by atoms with van der Waals surface area (Å²) < 4.78 is 14.2. The number of nitrogens with one attached hydrogen (secondary N) is 1. The van der Waals surface area contributed by atoms with E-state index in [9.17, 15) is 14.0 Å². The molecule has 0 spiro atoms. The van der Waals surface area contributed by atoms with Gasteiger partial charge in [0.25, 0.3) is 11.5 Å². The predicted octanol–water partition coefficient (Wildman–Crippen LogP) is 3.43. The van der Waals surface area contributed by atoms with Crippen LogP contribution in [0.1, 0.15) is 28.4 Å². The van der Waals surface area contributed by atoms with Crippen molar-refractivity contribution in [3.8, 4) is 0 Å². The van der Waals surface area contributed by atoms with Gasteiger partial charge in [-0.25, -0.2) is 4.39 Å². The summed E-state index contributed by atoms with van der Waals surface area (Å²) in [6, 6.07) is 16.3. The largest absolute Gasteiger partial charge is 0.406 e. The lowest BCUT2D eigenvalue weighted by molar-refractivity contribution is 0.0862. The van der Waals surface area contributed by atoms with E-state index in [0.717, 1.165) is 16.7 Å². The second-order valence-electron chi connectivity index (χ2n) is 5.96. The predicted molar refractivity (Wildman–Crippen MR) is 101 cm³/mol. The fourth-order valence-electron chi connectivity index (χ4n) is 2.54. The molecule has 0 fully saturated rings. The highest BCUT2D eigenvalue weighted by Crippen LogP contribution is 2.11. The van der Waals surface area contributed by atoms with Crippen molar-refractivity contribution >= 4 is 11.6 Å². The molecule has 138 valence electrons. The molecular weight excluding hydrogens is 347 g/mol. The number of carbonyl (C=O) groups excluding carboxylic acids is 1. The van der Waals surface area contributed by atoms with E-state index < -0.39 is 11.5 Å². The molecule has 0 radical (unpaired) electrons. The van der Waals surface area contributed by atoms with E-state index >= 15 is 0 Å². The van der Waals surface area contributed by atoms with Gasteiger partial charge in [-0.2, -0.15) is 4.73 Å². The molecule has 0 aliphatic rings. The number of amides is 1. The van der Waals surface area contributed by atoms with Crippen molar-refractivity contribution in [3.63, 3.8) is 0 Å². The summed E-state index contributed by atoms with van der Waals surface area (Å²) in [4.78, 5) is 30.3. The molecule has 3 aromatic rings. The van der Waals surface area contributed by atoms with Crippen molar-refractivity contribution in [2.45, 2.75) is 20.0 Å². The SMILES string of the molecule is CCc1ccc(NC(=O)c2cccn(OCc3cccc(F)c3)c2=O)cc1. The van der Waals surface area contributed by atoms with E-state index in [0.29, 0.717) is 11.3 Å². The van der Waals surface area contributed by atoms with Crippen LogP contribution in [-0.2, 0) is 13.0 Å². The lowest BCUT2D eigenvalue weighted by Crippen LogP contribution is -2.32. The molecule has 27 heavy (non-hydrogen) atoms. The second kappa shape index (κ2) is 8.31. The minimum absolute atomic E-state index is 0.00121. The molecular formula is C21H19FN2O3. The van der Waals surface area contributed by atoms with Crippen molar-refractivity contribution < 1.29 is 14.0 Å². The van der Waals surface area contributed by atoms with Crippen LogP contribution >= 0.6 is 0 Å². The molecule has 1 aromatic heterocycles. The Morgan fingerprint density at radius 1 is 1.07 bits per heavy atom. The molecule has 0 saturated carbocycles. The number of aryl methyl sites for hydroxylation is 1. The summed E-state index contributed by atoms with van der Waals surface area (Å²) in [5.41, 5.74) is 1.70. The average molecular weight is 366 g/mol. The lowest BCUT2D eigenvalue weighted by atomic mass is 10.1. The number of aromatic nitrogens is 1. The molecule has 2 aromatic carbocycles. The van der Waals surface area contributed by atoms with E-state index in [1.807, 2.05) is 19.1 Å². The Bertz CT molecular complexity index is 997. The third-order valence-electron chi connectivity index (χ3n) is 4.04. The Morgan fingerprint density at radius 2 is 1.85 bits per heavy atom. The third kappa shape index (κ3) is 4.61. The Balaban J connectivity index is 1.73. The number of pyridine rings is 1. The molecule has 1 heterocycles. The second-order valence-corrected chi connectivity index (χ2v) is 5.96. The number of halogens is 1. The highest BCUT2D eigenvalue weighted by Gasteiger charge is 2.13. The van der Waals surface area contributed by atoms with Gasteiger partial charge in [0.2, 0.25) is 0 Å². The van der Waals surface area contributed by atoms with Gasteiger partial charge in [0.1, 0.15) is 18.0 Å². The molecule has 6 heteroatoms. The number of anilines is 1. The molecule has 0 aliphatic heterocycles. The zero-order chi connectivity index (χ0) is 19.2. The highest BCUT2D eigenvalue weighted by atomic mass is 19.1. The quantitative estimate of drug-likeness (QED) is 0.727. The first-order valence-corrected chi connectivity index (χ1v) is 8.56. The van der Waals surface area contributed by atoms with E-state index in [1.54, 1.807) is 30.3 Å². The first kappa shape index (κ1) is 18.4. The first-order valence-electron chi connectivity index (χ1n) is 8.56. The molecule has 3 rings (SSSR count). The average Bonchev–Trinajstić information content (AvgIpc) is 2.68. The van der Waals surface area contributed by atoms with Crippen LogP contribution in [0.2, 0.25) is 0 Å². The third-order valence-corrected chi connectivity index (χ3v) is 4.04. The molecule has 0 saturated heterocycles. The van der Waals surface area contributed by atoms with Crippen molar-refractivity contribution in [3.05, 3.63) is 99.7 Å². The van der Waals surface area contributed by atoms with E-state index in [1.165, 1.54) is 24.4 Å². The number of carbonyl (C=O) groups is 1. The van der Waals surface area contributed by atoms with Gasteiger partial charge in [-0.1, -0.05) is 31.2 Å². The molecule has 0 aliphatic carbocycles. The smallest absolute Gasteiger partial charge is 0.295 e. The van der Waals surface area contributed by atoms with Gasteiger partial charge >= 0.3 is 0 Å². The van der Waals surface area contributed by atoms with Crippen LogP contribution < -0.4 is 15.7 Å². The summed E-state index contributed by atoms with van der Waals surface area (Å²) in [5.74, 6) is -0.904. The van der Waals surface area contributed by atoms with Crippen molar-refractivity contribution in [1.82, 2.24) is 4.73 Å². The minimum atomic E-state index is -0.586. The summed E-state index contributed by atoms with van der Waals surface area (Å²) in [6.07, 6.45) is 2.31. The Labute approximate surface area is 156 Å². The van der Waals surface area contributed by atoms with Crippen LogP contribution in [0.3, 0.4) is 0 Å². The van der Waals surface area contributed by atoms with Gasteiger partial charge < -0.3 is 10.2 Å². The number of hydrogen-bond acceptors (Lipinski definition) is 3. The lowest BCUT2D eigenvalue weighted by Gasteiger charge is -2.10. The summed E-state index contributed by atoms with van der Waals surface area (Å²) in [5, 5.41) is 2.70. The fourth-order valence-corrected chi connectivity index (χ4v) is 2.54. The molecule has 0 bridgehead atoms. The summed E-state index contributed by atoms with van der Waals surface area (Å²) in [7, 11) is 0. The number of nitrogens with zero attached hydrogens (tertiary/aromatic N) is 1. The van der Waals surface area contributed by atoms with Crippen LogP contribution in [0.4, 0.5) is 10.1 Å². The van der Waals surface area contributed by atoms with E-state index in [2.05, 4.69) is 5.32 Å². The van der Waals surface area contributed by atoms with Gasteiger partial charge in [0, 0.05) is 11.9 Å². The number of hydrogen-bond donors (Lipinski definition) is 1. The highest BCUT2D eigenvalue weighted by molar-refractivity contribution is 6.03. The van der Waals surface area contributed by atoms with Gasteiger partial charge in [0.15, 0.2) is 0 Å². The summed E-state index contributed by atoms with van der Waals surface area (Å²) >= 11 is 0. The van der Waals surface area contributed by atoms with E-state index in [4.69, 9.17) is 4.84 Å². The van der Waals surface area contributed by atoms with Crippen LogP contribution in [0.15, 0.2) is 71.7 Å². The minimum Gasteiger partial charge on any atom is -0.406 e. The van der Waals surface area contributed by atoms with Crippen LogP contribution in [0.5, 0.6) is 0 Å². The van der Waals surface area contributed by atoms with Gasteiger partial charge in [-0.3, -0.25) is 9.59 Å². The topological polar surface area (TPSA) is 60.3 Å². The normalized spacial score (nSPS) is 10.4. The molecule has 1 amide bonds. The maximum atomic E-state index is 13.2. The van der Waals surface area contributed by atoms with Crippen LogP contribution in [0, 0.1) is 5.82 Å². The van der Waals surface area contributed by atoms with Crippen molar-refractivity contribution in [2.24, 2.45) is 0 Å². The standard InChI is InChI=1S/C21H19FN2O3/c1-2-15-8-10-18(11-9-15)23-20(25)19-7-4-12-24(21(19)26)27-14-16-5-3-6-17(22)13-16/h3-13H,2,14H2,1H3,(H,23,25). The Kier molecular flexibility index (Phi) is 5.66. The maximum Gasteiger partial charge on any atom is 0.295 e.